The zero-order chi connectivity index (χ0) is 20.4. The van der Waals surface area contributed by atoms with E-state index in [1.807, 2.05) is 33.8 Å². The first-order chi connectivity index (χ1) is 13.3. The summed E-state index contributed by atoms with van der Waals surface area (Å²) in [5, 5.41) is 0. The summed E-state index contributed by atoms with van der Waals surface area (Å²) >= 11 is 0. The largest absolute Gasteiger partial charge is 0.328 e. The SMILES string of the molecule is Cc1cc(C)cc(C(=O)c2[nH]c(=O)n(CCC3CC=CC3)c(=O)c2C(C)C)c1. The molecular weight excluding hydrogens is 352 g/mol. The van der Waals surface area contributed by atoms with Crippen LogP contribution in [-0.4, -0.2) is 15.3 Å². The summed E-state index contributed by atoms with van der Waals surface area (Å²) < 4.78 is 1.26. The van der Waals surface area contributed by atoms with Crippen LogP contribution >= 0.6 is 0 Å². The Morgan fingerprint density at radius 1 is 1.11 bits per heavy atom. The highest BCUT2D eigenvalue weighted by molar-refractivity contribution is 6.08. The molecule has 0 spiro atoms. The number of nitrogens with one attached hydrogen (secondary N) is 1. The van der Waals surface area contributed by atoms with Gasteiger partial charge in [-0.1, -0.05) is 43.2 Å². The molecule has 0 fully saturated rings. The average Bonchev–Trinajstić information content (AvgIpc) is 3.12. The Bertz CT molecular complexity index is 1010. The minimum Gasteiger partial charge on any atom is -0.303 e. The van der Waals surface area contributed by atoms with E-state index in [2.05, 4.69) is 17.1 Å². The number of aromatic nitrogens is 2. The van der Waals surface area contributed by atoms with Crippen LogP contribution in [0, 0.1) is 19.8 Å². The monoisotopic (exact) mass is 380 g/mol. The summed E-state index contributed by atoms with van der Waals surface area (Å²) in [6, 6.07) is 5.56. The van der Waals surface area contributed by atoms with Gasteiger partial charge in [0.15, 0.2) is 0 Å². The molecule has 0 saturated carbocycles. The van der Waals surface area contributed by atoms with E-state index in [0.717, 1.165) is 30.4 Å². The molecule has 5 heteroatoms. The summed E-state index contributed by atoms with van der Waals surface area (Å²) in [5.74, 6) is -0.00387. The van der Waals surface area contributed by atoms with Crippen LogP contribution in [0.1, 0.15) is 71.8 Å². The second kappa shape index (κ2) is 8.13. The smallest absolute Gasteiger partial charge is 0.303 e. The Balaban J connectivity index is 2.03. The molecule has 2 aromatic rings. The van der Waals surface area contributed by atoms with E-state index in [4.69, 9.17) is 0 Å². The summed E-state index contributed by atoms with van der Waals surface area (Å²) in [5.41, 5.74) is 2.07. The average molecular weight is 380 g/mol. The molecule has 1 N–H and O–H groups in total. The maximum atomic E-state index is 13.1. The predicted molar refractivity (Wildman–Crippen MR) is 111 cm³/mol. The molecule has 1 aliphatic rings. The maximum absolute atomic E-state index is 13.1. The lowest BCUT2D eigenvalue weighted by Crippen LogP contribution is -2.40. The normalized spacial score (nSPS) is 14.2. The fourth-order valence-electron chi connectivity index (χ4n) is 3.98. The van der Waals surface area contributed by atoms with Gasteiger partial charge in [-0.15, -0.1) is 0 Å². The van der Waals surface area contributed by atoms with Crippen molar-refractivity contribution in [2.75, 3.05) is 0 Å². The van der Waals surface area contributed by atoms with Crippen LogP contribution in [-0.2, 0) is 6.54 Å². The molecule has 1 heterocycles. The van der Waals surface area contributed by atoms with Crippen LogP contribution in [0.3, 0.4) is 0 Å². The van der Waals surface area contributed by atoms with E-state index in [-0.39, 0.29) is 23.0 Å². The number of hydrogen-bond donors (Lipinski definition) is 1. The molecule has 0 aliphatic heterocycles. The van der Waals surface area contributed by atoms with E-state index < -0.39 is 5.69 Å². The minimum atomic E-state index is -0.506. The molecule has 148 valence electrons. The Labute approximate surface area is 165 Å². The summed E-state index contributed by atoms with van der Waals surface area (Å²) in [4.78, 5) is 41.6. The number of hydrogen-bond acceptors (Lipinski definition) is 3. The maximum Gasteiger partial charge on any atom is 0.328 e. The molecule has 0 radical (unpaired) electrons. The fraction of sp³-hybridized carbons (Fsp3) is 0.435. The molecule has 0 atom stereocenters. The van der Waals surface area contributed by atoms with Crippen molar-refractivity contribution in [3.8, 4) is 0 Å². The van der Waals surface area contributed by atoms with Crippen molar-refractivity contribution < 1.29 is 4.79 Å². The number of rotatable bonds is 6. The fourth-order valence-corrected chi connectivity index (χ4v) is 3.98. The standard InChI is InChI=1S/C23H28N2O3/c1-14(2)19-20(21(26)18-12-15(3)11-16(4)13-18)24-23(28)25(22(19)27)10-9-17-7-5-6-8-17/h5-6,11-14,17H,7-10H2,1-4H3,(H,24,28). The highest BCUT2D eigenvalue weighted by Gasteiger charge is 2.23. The first-order valence-electron chi connectivity index (χ1n) is 9.93. The molecule has 0 unspecified atom stereocenters. The van der Waals surface area contributed by atoms with Crippen LogP contribution in [0.2, 0.25) is 0 Å². The second-order valence-electron chi connectivity index (χ2n) is 8.13. The summed E-state index contributed by atoms with van der Waals surface area (Å²) in [7, 11) is 0. The highest BCUT2D eigenvalue weighted by atomic mass is 16.2. The van der Waals surface area contributed by atoms with Crippen molar-refractivity contribution in [3.63, 3.8) is 0 Å². The van der Waals surface area contributed by atoms with Gasteiger partial charge in [-0.25, -0.2) is 4.79 Å². The predicted octanol–water partition coefficient (Wildman–Crippen LogP) is 3.86. The van der Waals surface area contributed by atoms with E-state index in [9.17, 15) is 14.4 Å². The topological polar surface area (TPSA) is 71.9 Å². The number of aryl methyl sites for hydroxylation is 2. The molecule has 0 bridgehead atoms. The number of allylic oxidation sites excluding steroid dienone is 2. The number of benzene rings is 1. The molecule has 5 nitrogen and oxygen atoms in total. The number of H-pyrrole nitrogens is 1. The van der Waals surface area contributed by atoms with Gasteiger partial charge < -0.3 is 4.98 Å². The Morgan fingerprint density at radius 2 is 1.71 bits per heavy atom. The van der Waals surface area contributed by atoms with Crippen LogP contribution in [0.15, 0.2) is 39.9 Å². The van der Waals surface area contributed by atoms with Gasteiger partial charge in [-0.2, -0.15) is 0 Å². The number of carbonyl (C=O) groups excluding carboxylic acids is 1. The number of aromatic amines is 1. The zero-order valence-corrected chi connectivity index (χ0v) is 17.0. The quantitative estimate of drug-likeness (QED) is 0.611. The second-order valence-corrected chi connectivity index (χ2v) is 8.13. The molecule has 1 aromatic carbocycles. The van der Waals surface area contributed by atoms with E-state index >= 15 is 0 Å². The molecule has 0 amide bonds. The van der Waals surface area contributed by atoms with Gasteiger partial charge >= 0.3 is 5.69 Å². The van der Waals surface area contributed by atoms with Crippen molar-refractivity contribution in [1.82, 2.24) is 9.55 Å². The minimum absolute atomic E-state index is 0.119. The van der Waals surface area contributed by atoms with Gasteiger partial charge in [0.05, 0.1) is 5.69 Å². The van der Waals surface area contributed by atoms with Crippen molar-refractivity contribution in [1.29, 1.82) is 0 Å². The first-order valence-corrected chi connectivity index (χ1v) is 9.93. The van der Waals surface area contributed by atoms with Gasteiger partial charge in [0.2, 0.25) is 5.78 Å². The van der Waals surface area contributed by atoms with Crippen LogP contribution in [0.4, 0.5) is 0 Å². The van der Waals surface area contributed by atoms with Crippen molar-refractivity contribution in [3.05, 3.63) is 79.1 Å². The Kier molecular flexibility index (Phi) is 5.82. The van der Waals surface area contributed by atoms with E-state index in [1.54, 1.807) is 12.1 Å². The van der Waals surface area contributed by atoms with Crippen molar-refractivity contribution >= 4 is 5.78 Å². The number of carbonyl (C=O) groups is 1. The number of nitrogens with zero attached hydrogens (tertiary/aromatic N) is 1. The molecule has 1 aliphatic carbocycles. The third-order valence-corrected chi connectivity index (χ3v) is 5.38. The summed E-state index contributed by atoms with van der Waals surface area (Å²) in [6.45, 7) is 7.97. The third-order valence-electron chi connectivity index (χ3n) is 5.38. The van der Waals surface area contributed by atoms with Gasteiger partial charge in [0, 0.05) is 17.7 Å². The Morgan fingerprint density at radius 3 is 2.29 bits per heavy atom. The number of ketones is 1. The van der Waals surface area contributed by atoms with Gasteiger partial charge in [0.25, 0.3) is 5.56 Å². The van der Waals surface area contributed by atoms with Crippen LogP contribution in [0.25, 0.3) is 0 Å². The van der Waals surface area contributed by atoms with Gasteiger partial charge in [-0.3, -0.25) is 14.2 Å². The lowest BCUT2D eigenvalue weighted by Gasteiger charge is -2.16. The lowest BCUT2D eigenvalue weighted by molar-refractivity contribution is 0.103. The molecule has 0 saturated heterocycles. The summed E-state index contributed by atoms with van der Waals surface area (Å²) in [6.07, 6.45) is 7.05. The molecule has 1 aromatic heterocycles. The lowest BCUT2D eigenvalue weighted by atomic mass is 9.95. The van der Waals surface area contributed by atoms with Crippen molar-refractivity contribution in [2.24, 2.45) is 5.92 Å². The van der Waals surface area contributed by atoms with Gasteiger partial charge in [0.1, 0.15) is 0 Å². The molecule has 3 rings (SSSR count). The Hall–Kier alpha value is -2.69. The highest BCUT2D eigenvalue weighted by Crippen LogP contribution is 2.22. The third kappa shape index (κ3) is 4.08. The van der Waals surface area contributed by atoms with Crippen molar-refractivity contribution in [2.45, 2.75) is 59.4 Å². The van der Waals surface area contributed by atoms with E-state index in [0.29, 0.717) is 23.6 Å². The molecule has 28 heavy (non-hydrogen) atoms. The van der Waals surface area contributed by atoms with Crippen LogP contribution < -0.4 is 11.2 Å². The zero-order valence-electron chi connectivity index (χ0n) is 17.0. The van der Waals surface area contributed by atoms with Crippen LogP contribution in [0.5, 0.6) is 0 Å². The van der Waals surface area contributed by atoms with E-state index in [1.165, 1.54) is 4.57 Å². The molecular formula is C23H28N2O3. The van der Waals surface area contributed by atoms with Gasteiger partial charge in [-0.05, 0) is 57.1 Å². The first kappa shape index (κ1) is 20.1.